The second-order valence-electron chi connectivity index (χ2n) is 9.05. The van der Waals surface area contributed by atoms with Crippen molar-refractivity contribution in [2.24, 2.45) is 5.10 Å². The molecule has 0 aliphatic rings. The number of rotatable bonds is 5. The van der Waals surface area contributed by atoms with E-state index in [-0.39, 0.29) is 11.4 Å². The van der Waals surface area contributed by atoms with Gasteiger partial charge in [-0.2, -0.15) is 9.78 Å². The van der Waals surface area contributed by atoms with Crippen molar-refractivity contribution in [1.29, 1.82) is 0 Å². The number of methoxy groups -OCH3 is 1. The second kappa shape index (κ2) is 9.76. The Bertz CT molecular complexity index is 1980. The summed E-state index contributed by atoms with van der Waals surface area (Å²) in [6.07, 6.45) is 1.65. The van der Waals surface area contributed by atoms with E-state index in [1.165, 1.54) is 4.68 Å². The van der Waals surface area contributed by atoms with Crippen LogP contribution in [-0.2, 0) is 0 Å². The van der Waals surface area contributed by atoms with Crippen molar-refractivity contribution in [2.45, 2.75) is 13.8 Å². The topological polar surface area (TPSA) is 74.6 Å². The van der Waals surface area contributed by atoms with Gasteiger partial charge in [0.1, 0.15) is 11.3 Å². The first-order valence-electron chi connectivity index (χ1n) is 12.1. The number of para-hydroxylation sites is 1. The Morgan fingerprint density at radius 3 is 2.59 bits per heavy atom. The van der Waals surface area contributed by atoms with E-state index >= 15 is 0 Å². The molecule has 39 heavy (non-hydrogen) atoms. The van der Waals surface area contributed by atoms with Crippen LogP contribution in [-0.4, -0.2) is 27.6 Å². The van der Waals surface area contributed by atoms with Crippen LogP contribution in [0, 0.1) is 13.8 Å². The molecule has 0 N–H and O–H groups in total. The molecule has 3 aromatic heterocycles. The SMILES string of the molecule is COc1cccc2oc(-c3nc4ccccc4c(=O)n3N=Cc3cc(C)n(-c4ccc(Cl)cc4Cl)c3C)cc12. The van der Waals surface area contributed by atoms with Crippen LogP contribution in [0.2, 0.25) is 10.0 Å². The highest BCUT2D eigenvalue weighted by atomic mass is 35.5. The lowest BCUT2D eigenvalue weighted by atomic mass is 10.2. The number of furan rings is 1. The summed E-state index contributed by atoms with van der Waals surface area (Å²) in [5.74, 6) is 1.34. The third-order valence-electron chi connectivity index (χ3n) is 6.65. The molecular weight excluding hydrogens is 535 g/mol. The van der Waals surface area contributed by atoms with Crippen molar-refractivity contribution in [2.75, 3.05) is 7.11 Å². The lowest BCUT2D eigenvalue weighted by Crippen LogP contribution is -2.20. The molecule has 0 unspecified atom stereocenters. The lowest BCUT2D eigenvalue weighted by molar-refractivity contribution is 0.419. The number of fused-ring (bicyclic) bond motifs is 2. The Labute approximate surface area is 233 Å². The van der Waals surface area contributed by atoms with Crippen molar-refractivity contribution >= 4 is 51.3 Å². The van der Waals surface area contributed by atoms with Gasteiger partial charge in [0.05, 0.1) is 40.3 Å². The van der Waals surface area contributed by atoms with Crippen molar-refractivity contribution in [3.05, 3.63) is 110 Å². The number of aryl methyl sites for hydroxylation is 1. The van der Waals surface area contributed by atoms with E-state index in [9.17, 15) is 4.79 Å². The summed E-state index contributed by atoms with van der Waals surface area (Å²) in [7, 11) is 1.60. The van der Waals surface area contributed by atoms with E-state index in [4.69, 9.17) is 37.3 Å². The van der Waals surface area contributed by atoms with Gasteiger partial charge >= 0.3 is 0 Å². The second-order valence-corrected chi connectivity index (χ2v) is 9.90. The predicted octanol–water partition coefficient (Wildman–Crippen LogP) is 7.41. The summed E-state index contributed by atoms with van der Waals surface area (Å²) in [4.78, 5) is 18.4. The van der Waals surface area contributed by atoms with Crippen LogP contribution in [0.3, 0.4) is 0 Å². The summed E-state index contributed by atoms with van der Waals surface area (Å²) >= 11 is 12.6. The highest BCUT2D eigenvalue weighted by molar-refractivity contribution is 6.35. The van der Waals surface area contributed by atoms with Crippen LogP contribution >= 0.6 is 23.2 Å². The van der Waals surface area contributed by atoms with Crippen LogP contribution < -0.4 is 10.3 Å². The number of nitrogens with zero attached hydrogens (tertiary/aromatic N) is 4. The monoisotopic (exact) mass is 556 g/mol. The average molecular weight is 557 g/mol. The fourth-order valence-corrected chi connectivity index (χ4v) is 5.28. The Hall–Kier alpha value is -4.33. The molecule has 0 atom stereocenters. The minimum Gasteiger partial charge on any atom is -0.496 e. The number of aromatic nitrogens is 3. The standard InChI is InChI=1S/C30H22Cl2N4O3/c1-17-13-19(18(2)35(17)25-12-11-20(31)14-23(25)32)16-33-36-29(34-24-8-5-4-7-21(24)30(36)37)28-15-22-26(38-3)9-6-10-27(22)39-28/h4-16H,1-3H3. The number of hydrogen-bond acceptors (Lipinski definition) is 5. The Morgan fingerprint density at radius 1 is 0.974 bits per heavy atom. The first kappa shape index (κ1) is 25.0. The zero-order chi connectivity index (χ0) is 27.3. The molecule has 7 nitrogen and oxygen atoms in total. The van der Waals surface area contributed by atoms with Crippen LogP contribution in [0.25, 0.3) is 39.1 Å². The van der Waals surface area contributed by atoms with Gasteiger partial charge in [0, 0.05) is 22.0 Å². The Kier molecular flexibility index (Phi) is 6.25. The minimum atomic E-state index is -0.311. The van der Waals surface area contributed by atoms with Crippen molar-refractivity contribution in [3.63, 3.8) is 0 Å². The molecule has 0 aliphatic heterocycles. The Balaban J connectivity index is 1.52. The van der Waals surface area contributed by atoms with Gasteiger partial charge in [-0.1, -0.05) is 41.4 Å². The highest BCUT2D eigenvalue weighted by Crippen LogP contribution is 2.33. The molecule has 0 radical (unpaired) electrons. The molecule has 0 bridgehead atoms. The quantitative estimate of drug-likeness (QED) is 0.207. The third-order valence-corrected chi connectivity index (χ3v) is 7.19. The largest absolute Gasteiger partial charge is 0.496 e. The van der Waals surface area contributed by atoms with Crippen molar-refractivity contribution in [1.82, 2.24) is 14.2 Å². The molecule has 6 rings (SSSR count). The maximum Gasteiger partial charge on any atom is 0.282 e. The lowest BCUT2D eigenvalue weighted by Gasteiger charge is -2.12. The molecule has 0 saturated heterocycles. The number of halogens is 2. The Morgan fingerprint density at radius 2 is 1.79 bits per heavy atom. The van der Waals surface area contributed by atoms with Gasteiger partial charge in [0.2, 0.25) is 5.82 Å². The van der Waals surface area contributed by atoms with E-state index < -0.39 is 0 Å². The first-order valence-corrected chi connectivity index (χ1v) is 12.9. The fourth-order valence-electron chi connectivity index (χ4n) is 4.78. The maximum atomic E-state index is 13.6. The van der Waals surface area contributed by atoms with Gasteiger partial charge in [0.15, 0.2) is 5.76 Å². The zero-order valence-corrected chi connectivity index (χ0v) is 22.8. The molecule has 0 spiro atoms. The number of ether oxygens (including phenoxy) is 1. The summed E-state index contributed by atoms with van der Waals surface area (Å²) in [5.41, 5.74) is 4.32. The molecule has 194 valence electrons. The van der Waals surface area contributed by atoms with E-state index in [1.54, 1.807) is 43.7 Å². The summed E-state index contributed by atoms with van der Waals surface area (Å²) in [6.45, 7) is 3.94. The predicted molar refractivity (Wildman–Crippen MR) is 156 cm³/mol. The molecule has 0 fully saturated rings. The molecular formula is C30H22Cl2N4O3. The minimum absolute atomic E-state index is 0.280. The molecule has 0 amide bonds. The van der Waals surface area contributed by atoms with Crippen LogP contribution in [0.4, 0.5) is 0 Å². The molecule has 6 aromatic rings. The smallest absolute Gasteiger partial charge is 0.282 e. The summed E-state index contributed by atoms with van der Waals surface area (Å²) in [6, 6.07) is 21.9. The maximum absolute atomic E-state index is 13.6. The zero-order valence-electron chi connectivity index (χ0n) is 21.3. The van der Waals surface area contributed by atoms with E-state index in [0.29, 0.717) is 38.0 Å². The fraction of sp³-hybridized carbons (Fsp3) is 0.100. The van der Waals surface area contributed by atoms with Crippen LogP contribution in [0.1, 0.15) is 17.0 Å². The van der Waals surface area contributed by atoms with E-state index in [1.807, 2.05) is 60.9 Å². The van der Waals surface area contributed by atoms with Gasteiger partial charge in [-0.15, -0.1) is 0 Å². The van der Waals surface area contributed by atoms with E-state index in [2.05, 4.69) is 5.10 Å². The highest BCUT2D eigenvalue weighted by Gasteiger charge is 2.18. The van der Waals surface area contributed by atoms with E-state index in [0.717, 1.165) is 28.0 Å². The van der Waals surface area contributed by atoms with Gasteiger partial charge in [-0.05, 0) is 68.4 Å². The average Bonchev–Trinajstić information content (AvgIpc) is 3.48. The molecule has 0 aliphatic carbocycles. The van der Waals surface area contributed by atoms with Crippen molar-refractivity contribution < 1.29 is 9.15 Å². The molecule has 3 aromatic carbocycles. The van der Waals surface area contributed by atoms with Gasteiger partial charge in [0.25, 0.3) is 5.56 Å². The molecule has 3 heterocycles. The van der Waals surface area contributed by atoms with Crippen LogP contribution in [0.5, 0.6) is 5.75 Å². The summed E-state index contributed by atoms with van der Waals surface area (Å²) in [5, 5.41) is 6.94. The van der Waals surface area contributed by atoms with Gasteiger partial charge in [-0.3, -0.25) is 4.79 Å². The first-order chi connectivity index (χ1) is 18.9. The summed E-state index contributed by atoms with van der Waals surface area (Å²) < 4.78 is 14.9. The van der Waals surface area contributed by atoms with Crippen LogP contribution in [0.15, 0.2) is 87.1 Å². The van der Waals surface area contributed by atoms with Gasteiger partial charge in [-0.25, -0.2) is 4.98 Å². The molecule has 9 heteroatoms. The molecule has 0 saturated carbocycles. The number of benzene rings is 3. The number of hydrogen-bond donors (Lipinski definition) is 0. The van der Waals surface area contributed by atoms with Crippen molar-refractivity contribution in [3.8, 4) is 23.0 Å². The normalized spacial score (nSPS) is 11.7. The van der Waals surface area contributed by atoms with Gasteiger partial charge < -0.3 is 13.7 Å². The third kappa shape index (κ3) is 4.30.